The van der Waals surface area contributed by atoms with Crippen molar-refractivity contribution in [2.75, 3.05) is 0 Å². The zero-order chi connectivity index (χ0) is 10.6. The van der Waals surface area contributed by atoms with Gasteiger partial charge in [0.15, 0.2) is 0 Å². The first-order valence-electron chi connectivity index (χ1n) is 4.72. The van der Waals surface area contributed by atoms with Gasteiger partial charge in [-0.15, -0.1) is 0 Å². The van der Waals surface area contributed by atoms with Crippen LogP contribution in [0, 0.1) is 6.92 Å². The van der Waals surface area contributed by atoms with Crippen LogP contribution in [0.3, 0.4) is 0 Å². The second kappa shape index (κ2) is 4.21. The second-order valence-corrected chi connectivity index (χ2v) is 4.33. The Morgan fingerprint density at radius 2 is 1.64 bits per heavy atom. The van der Waals surface area contributed by atoms with Gasteiger partial charge in [0.25, 0.3) is 0 Å². The van der Waals surface area contributed by atoms with Gasteiger partial charge in [0, 0.05) is 0 Å². The predicted octanol–water partition coefficient (Wildman–Crippen LogP) is 3.60. The quantitative estimate of drug-likeness (QED) is 0.601. The molecule has 0 atom stereocenters. The summed E-state index contributed by atoms with van der Waals surface area (Å²) in [6.45, 7) is 8.11. The van der Waals surface area contributed by atoms with E-state index in [0.717, 1.165) is 5.69 Å². The van der Waals surface area contributed by atoms with Gasteiger partial charge in [0.1, 0.15) is 0 Å². The average Bonchev–Trinajstić information content (AvgIpc) is 2.06. The molecule has 1 aromatic carbocycles. The van der Waals surface area contributed by atoms with Gasteiger partial charge in [-0.05, 0) is 39.8 Å². The average molecular weight is 188 g/mol. The van der Waals surface area contributed by atoms with Crippen molar-refractivity contribution < 1.29 is 0 Å². The minimum absolute atomic E-state index is 0.103. The normalized spacial score (nSPS) is 10.6. The van der Waals surface area contributed by atoms with Gasteiger partial charge in [0.05, 0.1) is 17.2 Å². The monoisotopic (exact) mass is 188 g/mol. The van der Waals surface area contributed by atoms with Crippen LogP contribution in [0.2, 0.25) is 0 Å². The number of hydrogen-bond donors (Lipinski definition) is 0. The van der Waals surface area contributed by atoms with Gasteiger partial charge >= 0.3 is 0 Å². The Kier molecular flexibility index (Phi) is 3.21. The number of benzene rings is 1. The Morgan fingerprint density at radius 1 is 1.07 bits per heavy atom. The van der Waals surface area contributed by atoms with Gasteiger partial charge < -0.3 is 0 Å². The SMILES string of the molecule is Cc1ccc(N=C=NC(C)(C)C)cc1. The first kappa shape index (κ1) is 10.7. The molecule has 0 aliphatic carbocycles. The van der Waals surface area contributed by atoms with Crippen molar-refractivity contribution in [1.29, 1.82) is 0 Å². The molecule has 0 aliphatic rings. The van der Waals surface area contributed by atoms with Crippen molar-refractivity contribution in [1.82, 2.24) is 0 Å². The van der Waals surface area contributed by atoms with Crippen molar-refractivity contribution >= 4 is 11.7 Å². The first-order chi connectivity index (χ1) is 6.47. The van der Waals surface area contributed by atoms with Crippen LogP contribution >= 0.6 is 0 Å². The summed E-state index contributed by atoms with van der Waals surface area (Å²) < 4.78 is 0. The number of aliphatic imine (C=N–C) groups is 2. The molecule has 0 radical (unpaired) electrons. The summed E-state index contributed by atoms with van der Waals surface area (Å²) in [5.74, 6) is 0. The highest BCUT2D eigenvalue weighted by atomic mass is 14.9. The fraction of sp³-hybridized carbons (Fsp3) is 0.417. The minimum Gasteiger partial charge on any atom is -0.219 e. The molecule has 0 heterocycles. The highest BCUT2D eigenvalue weighted by Gasteiger charge is 2.03. The van der Waals surface area contributed by atoms with E-state index in [0.29, 0.717) is 0 Å². The molecular formula is C12H16N2. The van der Waals surface area contributed by atoms with E-state index in [-0.39, 0.29) is 5.54 Å². The molecule has 0 fully saturated rings. The lowest BCUT2D eigenvalue weighted by atomic mass is 10.1. The van der Waals surface area contributed by atoms with Crippen LogP contribution in [-0.2, 0) is 0 Å². The molecule has 2 heteroatoms. The van der Waals surface area contributed by atoms with Crippen LogP contribution in [-0.4, -0.2) is 11.5 Å². The largest absolute Gasteiger partial charge is 0.219 e. The van der Waals surface area contributed by atoms with E-state index < -0.39 is 0 Å². The molecule has 2 nitrogen and oxygen atoms in total. The maximum atomic E-state index is 4.16. The van der Waals surface area contributed by atoms with Crippen LogP contribution < -0.4 is 0 Å². The fourth-order valence-electron chi connectivity index (χ4n) is 0.852. The van der Waals surface area contributed by atoms with Crippen molar-refractivity contribution in [3.8, 4) is 0 Å². The summed E-state index contributed by atoms with van der Waals surface area (Å²) in [6.07, 6.45) is 0. The zero-order valence-electron chi connectivity index (χ0n) is 9.20. The molecule has 0 amide bonds. The Labute approximate surface area is 85.4 Å². The third kappa shape index (κ3) is 4.01. The molecule has 0 saturated heterocycles. The number of hydrogen-bond acceptors (Lipinski definition) is 2. The molecule has 74 valence electrons. The molecule has 0 spiro atoms. The molecule has 0 N–H and O–H groups in total. The lowest BCUT2D eigenvalue weighted by Gasteiger charge is -2.06. The molecular weight excluding hydrogens is 172 g/mol. The zero-order valence-corrected chi connectivity index (χ0v) is 9.20. The molecule has 1 rings (SSSR count). The van der Waals surface area contributed by atoms with E-state index in [9.17, 15) is 0 Å². The van der Waals surface area contributed by atoms with Gasteiger partial charge in [-0.2, -0.15) is 4.99 Å². The Bertz CT molecular complexity index is 349. The van der Waals surface area contributed by atoms with E-state index in [1.165, 1.54) is 5.56 Å². The molecule has 0 unspecified atom stereocenters. The molecule has 14 heavy (non-hydrogen) atoms. The van der Waals surface area contributed by atoms with Crippen LogP contribution in [0.5, 0.6) is 0 Å². The fourth-order valence-corrected chi connectivity index (χ4v) is 0.852. The van der Waals surface area contributed by atoms with E-state index in [1.54, 1.807) is 0 Å². The predicted molar refractivity (Wildman–Crippen MR) is 60.5 cm³/mol. The van der Waals surface area contributed by atoms with Crippen molar-refractivity contribution in [2.45, 2.75) is 33.2 Å². The smallest absolute Gasteiger partial charge is 0.0954 e. The lowest BCUT2D eigenvalue weighted by Crippen LogP contribution is -2.07. The van der Waals surface area contributed by atoms with E-state index >= 15 is 0 Å². The lowest BCUT2D eigenvalue weighted by molar-refractivity contribution is 0.587. The molecule has 0 aromatic heterocycles. The summed E-state index contributed by atoms with van der Waals surface area (Å²) >= 11 is 0. The summed E-state index contributed by atoms with van der Waals surface area (Å²) in [7, 11) is 0. The van der Waals surface area contributed by atoms with Gasteiger partial charge in [-0.3, -0.25) is 0 Å². The minimum atomic E-state index is -0.103. The maximum Gasteiger partial charge on any atom is 0.0954 e. The number of rotatable bonds is 1. The number of nitrogens with zero attached hydrogens (tertiary/aromatic N) is 2. The Balaban J connectivity index is 2.79. The third-order valence-electron chi connectivity index (χ3n) is 1.60. The molecule has 0 saturated carbocycles. The summed E-state index contributed by atoms with van der Waals surface area (Å²) in [5, 5.41) is 0. The van der Waals surface area contributed by atoms with Gasteiger partial charge in [0.2, 0.25) is 0 Å². The summed E-state index contributed by atoms with van der Waals surface area (Å²) in [6, 6.07) is 10.7. The third-order valence-corrected chi connectivity index (χ3v) is 1.60. The topological polar surface area (TPSA) is 24.7 Å². The van der Waals surface area contributed by atoms with E-state index in [4.69, 9.17) is 0 Å². The second-order valence-electron chi connectivity index (χ2n) is 4.33. The standard InChI is InChI=1S/C12H16N2/c1-10-5-7-11(8-6-10)13-9-14-12(2,3)4/h5-8H,1-4H3. The number of aryl methyl sites for hydroxylation is 1. The van der Waals surface area contributed by atoms with Crippen LogP contribution in [0.25, 0.3) is 0 Å². The first-order valence-corrected chi connectivity index (χ1v) is 4.72. The van der Waals surface area contributed by atoms with Crippen LogP contribution in [0.1, 0.15) is 26.3 Å². The van der Waals surface area contributed by atoms with Crippen molar-refractivity contribution in [3.05, 3.63) is 29.8 Å². The molecule has 0 bridgehead atoms. The summed E-state index contributed by atoms with van der Waals surface area (Å²) in [5.41, 5.74) is 2.02. The molecule has 1 aromatic rings. The van der Waals surface area contributed by atoms with Gasteiger partial charge in [-0.25, -0.2) is 4.99 Å². The highest BCUT2D eigenvalue weighted by molar-refractivity contribution is 5.53. The molecule has 0 aliphatic heterocycles. The van der Waals surface area contributed by atoms with E-state index in [2.05, 4.69) is 22.9 Å². The Hall–Kier alpha value is -1.40. The van der Waals surface area contributed by atoms with E-state index in [1.807, 2.05) is 45.0 Å². The Morgan fingerprint density at radius 3 is 2.14 bits per heavy atom. The van der Waals surface area contributed by atoms with Crippen molar-refractivity contribution in [2.24, 2.45) is 9.98 Å². The van der Waals surface area contributed by atoms with Crippen LogP contribution in [0.4, 0.5) is 5.69 Å². The maximum absolute atomic E-state index is 4.16. The van der Waals surface area contributed by atoms with Gasteiger partial charge in [-0.1, -0.05) is 17.7 Å². The van der Waals surface area contributed by atoms with Crippen LogP contribution in [0.15, 0.2) is 34.3 Å². The highest BCUT2D eigenvalue weighted by Crippen LogP contribution is 2.11. The van der Waals surface area contributed by atoms with Crippen molar-refractivity contribution in [3.63, 3.8) is 0 Å². The summed E-state index contributed by atoms with van der Waals surface area (Å²) in [4.78, 5) is 8.27.